The summed E-state index contributed by atoms with van der Waals surface area (Å²) in [7, 11) is 0. The van der Waals surface area contributed by atoms with E-state index in [9.17, 15) is 0 Å². The maximum atomic E-state index is 6.27. The molecule has 0 amide bonds. The van der Waals surface area contributed by atoms with Crippen molar-refractivity contribution in [1.29, 1.82) is 0 Å². The van der Waals surface area contributed by atoms with Crippen molar-refractivity contribution in [3.63, 3.8) is 0 Å². The largest absolute Gasteiger partial charge is 0.312 e. The molecule has 106 valence electrons. The van der Waals surface area contributed by atoms with Gasteiger partial charge >= 0.3 is 0 Å². The van der Waals surface area contributed by atoms with E-state index in [1.807, 2.05) is 12.1 Å². The van der Waals surface area contributed by atoms with Crippen LogP contribution < -0.4 is 5.32 Å². The predicted octanol–water partition coefficient (Wildman–Crippen LogP) is 3.55. The van der Waals surface area contributed by atoms with E-state index in [2.05, 4.69) is 43.1 Å². The van der Waals surface area contributed by atoms with E-state index in [4.69, 9.17) is 11.6 Å². The summed E-state index contributed by atoms with van der Waals surface area (Å²) in [5, 5.41) is 4.56. The third-order valence-corrected chi connectivity index (χ3v) is 4.25. The minimum absolute atomic E-state index is 0.295. The standard InChI is InChI=1S/C16H25ClN2/c1-16(2,3)15-12-19(10-6-9-18-15)11-13-7-4-5-8-14(13)17/h4-5,7-8,15,18H,6,9-12H2,1-3H3. The SMILES string of the molecule is CC(C)(C)C1CN(Cc2ccccc2Cl)CCCN1. The van der Waals surface area contributed by atoms with Crippen LogP contribution in [0.2, 0.25) is 5.02 Å². The zero-order chi connectivity index (χ0) is 13.9. The molecular formula is C16H25ClN2. The second-order valence-electron chi connectivity index (χ2n) is 6.55. The summed E-state index contributed by atoms with van der Waals surface area (Å²) in [6, 6.07) is 8.71. The highest BCUT2D eigenvalue weighted by molar-refractivity contribution is 6.31. The highest BCUT2D eigenvalue weighted by atomic mass is 35.5. The van der Waals surface area contributed by atoms with Crippen LogP contribution in [0.15, 0.2) is 24.3 Å². The highest BCUT2D eigenvalue weighted by Crippen LogP contribution is 2.23. The topological polar surface area (TPSA) is 15.3 Å². The molecule has 0 aliphatic carbocycles. The van der Waals surface area contributed by atoms with Gasteiger partial charge in [-0.25, -0.2) is 0 Å². The molecule has 1 aromatic rings. The molecule has 2 rings (SSSR count). The van der Waals surface area contributed by atoms with Gasteiger partial charge in [0.05, 0.1) is 0 Å². The van der Waals surface area contributed by atoms with E-state index in [1.165, 1.54) is 12.0 Å². The minimum atomic E-state index is 0.295. The number of nitrogens with zero attached hydrogens (tertiary/aromatic N) is 1. The number of hydrogen-bond acceptors (Lipinski definition) is 2. The van der Waals surface area contributed by atoms with Crippen molar-refractivity contribution in [2.45, 2.75) is 39.8 Å². The van der Waals surface area contributed by atoms with Crippen molar-refractivity contribution in [2.75, 3.05) is 19.6 Å². The first-order valence-electron chi connectivity index (χ1n) is 7.16. The Morgan fingerprint density at radius 3 is 2.74 bits per heavy atom. The molecule has 1 N–H and O–H groups in total. The Balaban J connectivity index is 2.05. The van der Waals surface area contributed by atoms with Crippen LogP contribution in [0.1, 0.15) is 32.8 Å². The van der Waals surface area contributed by atoms with Crippen LogP contribution in [0.3, 0.4) is 0 Å². The molecule has 1 atom stereocenters. The molecule has 0 radical (unpaired) electrons. The molecule has 1 aliphatic rings. The molecule has 1 heterocycles. The Morgan fingerprint density at radius 2 is 2.05 bits per heavy atom. The van der Waals surface area contributed by atoms with Gasteiger partial charge in [-0.3, -0.25) is 4.90 Å². The number of hydrogen-bond donors (Lipinski definition) is 1. The Morgan fingerprint density at radius 1 is 1.32 bits per heavy atom. The lowest BCUT2D eigenvalue weighted by Gasteiger charge is -2.33. The molecule has 0 aromatic heterocycles. The van der Waals surface area contributed by atoms with Gasteiger partial charge in [0.15, 0.2) is 0 Å². The highest BCUT2D eigenvalue weighted by Gasteiger charge is 2.28. The second-order valence-corrected chi connectivity index (χ2v) is 6.96. The lowest BCUT2D eigenvalue weighted by molar-refractivity contribution is 0.192. The van der Waals surface area contributed by atoms with Crippen molar-refractivity contribution in [3.8, 4) is 0 Å². The van der Waals surface area contributed by atoms with Gasteiger partial charge in [0, 0.05) is 24.2 Å². The number of rotatable bonds is 2. The zero-order valence-electron chi connectivity index (χ0n) is 12.2. The van der Waals surface area contributed by atoms with Crippen molar-refractivity contribution >= 4 is 11.6 Å². The Hall–Kier alpha value is -0.570. The molecule has 1 unspecified atom stereocenters. The quantitative estimate of drug-likeness (QED) is 0.891. The van der Waals surface area contributed by atoms with Crippen LogP contribution in [0, 0.1) is 5.41 Å². The van der Waals surface area contributed by atoms with Crippen LogP contribution in [0.5, 0.6) is 0 Å². The van der Waals surface area contributed by atoms with Crippen LogP contribution in [-0.2, 0) is 6.54 Å². The summed E-state index contributed by atoms with van der Waals surface area (Å²) in [5.74, 6) is 0. The Kier molecular flexibility index (Phi) is 4.88. The fourth-order valence-corrected chi connectivity index (χ4v) is 2.78. The molecule has 19 heavy (non-hydrogen) atoms. The van der Waals surface area contributed by atoms with Crippen molar-refractivity contribution in [3.05, 3.63) is 34.9 Å². The van der Waals surface area contributed by atoms with Gasteiger partial charge in [-0.2, -0.15) is 0 Å². The van der Waals surface area contributed by atoms with Crippen molar-refractivity contribution in [1.82, 2.24) is 10.2 Å². The lowest BCUT2D eigenvalue weighted by atomic mass is 9.86. The molecule has 0 saturated carbocycles. The van der Waals surface area contributed by atoms with Crippen LogP contribution >= 0.6 is 11.6 Å². The number of nitrogens with one attached hydrogen (secondary N) is 1. The number of benzene rings is 1. The summed E-state index contributed by atoms with van der Waals surface area (Å²) in [6.07, 6.45) is 1.21. The third kappa shape index (κ3) is 4.20. The first-order chi connectivity index (χ1) is 8.97. The smallest absolute Gasteiger partial charge is 0.0451 e. The molecule has 0 bridgehead atoms. The summed E-state index contributed by atoms with van der Waals surface area (Å²) in [4.78, 5) is 2.52. The zero-order valence-corrected chi connectivity index (χ0v) is 13.0. The molecule has 1 fully saturated rings. The first kappa shape index (κ1) is 14.8. The van der Waals surface area contributed by atoms with Gasteiger partial charge in [-0.1, -0.05) is 50.6 Å². The average Bonchev–Trinajstić information content (AvgIpc) is 2.57. The predicted molar refractivity (Wildman–Crippen MR) is 82.6 cm³/mol. The molecule has 1 saturated heterocycles. The minimum Gasteiger partial charge on any atom is -0.312 e. The van der Waals surface area contributed by atoms with Gasteiger partial charge in [-0.15, -0.1) is 0 Å². The van der Waals surface area contributed by atoms with Crippen LogP contribution in [0.4, 0.5) is 0 Å². The normalized spacial score (nSPS) is 22.2. The van der Waals surface area contributed by atoms with Gasteiger partial charge in [-0.05, 0) is 36.6 Å². The van der Waals surface area contributed by atoms with Crippen molar-refractivity contribution in [2.24, 2.45) is 5.41 Å². The summed E-state index contributed by atoms with van der Waals surface area (Å²) in [5.41, 5.74) is 1.53. The summed E-state index contributed by atoms with van der Waals surface area (Å²) in [6.45, 7) is 11.2. The van der Waals surface area contributed by atoms with E-state index >= 15 is 0 Å². The maximum Gasteiger partial charge on any atom is 0.0451 e. The van der Waals surface area contributed by atoms with E-state index in [1.54, 1.807) is 0 Å². The molecule has 1 aliphatic heterocycles. The molecule has 1 aromatic carbocycles. The van der Waals surface area contributed by atoms with E-state index in [0.29, 0.717) is 11.5 Å². The van der Waals surface area contributed by atoms with Gasteiger partial charge in [0.25, 0.3) is 0 Å². The Bertz CT molecular complexity index is 411. The van der Waals surface area contributed by atoms with Gasteiger partial charge in [0.1, 0.15) is 0 Å². The van der Waals surface area contributed by atoms with E-state index in [-0.39, 0.29) is 0 Å². The van der Waals surface area contributed by atoms with Crippen LogP contribution in [-0.4, -0.2) is 30.6 Å². The monoisotopic (exact) mass is 280 g/mol. The maximum absolute atomic E-state index is 6.27. The fourth-order valence-electron chi connectivity index (χ4n) is 2.58. The summed E-state index contributed by atoms with van der Waals surface area (Å²) < 4.78 is 0. The van der Waals surface area contributed by atoms with Gasteiger partial charge in [0.2, 0.25) is 0 Å². The molecule has 0 spiro atoms. The third-order valence-electron chi connectivity index (χ3n) is 3.88. The van der Waals surface area contributed by atoms with Gasteiger partial charge < -0.3 is 5.32 Å². The van der Waals surface area contributed by atoms with Crippen LogP contribution in [0.25, 0.3) is 0 Å². The Labute approximate surface area is 122 Å². The van der Waals surface area contributed by atoms with E-state index < -0.39 is 0 Å². The molecule has 3 heteroatoms. The fraction of sp³-hybridized carbons (Fsp3) is 0.625. The molecule has 2 nitrogen and oxygen atoms in total. The second kappa shape index (κ2) is 6.25. The van der Waals surface area contributed by atoms with Crippen molar-refractivity contribution < 1.29 is 0 Å². The summed E-state index contributed by atoms with van der Waals surface area (Å²) >= 11 is 6.27. The van der Waals surface area contributed by atoms with E-state index in [0.717, 1.165) is 31.2 Å². The first-order valence-corrected chi connectivity index (χ1v) is 7.54. The average molecular weight is 281 g/mol. The molecular weight excluding hydrogens is 256 g/mol. The number of halogens is 1. The lowest BCUT2D eigenvalue weighted by Crippen LogP contribution is -2.46.